The summed E-state index contributed by atoms with van der Waals surface area (Å²) < 4.78 is 5.47. The van der Waals surface area contributed by atoms with Crippen LogP contribution in [0.4, 0.5) is 0 Å². The zero-order chi connectivity index (χ0) is 14.8. The normalized spacial score (nSPS) is 14.0. The van der Waals surface area contributed by atoms with Crippen LogP contribution >= 0.6 is 11.8 Å². The molecule has 0 bridgehead atoms. The van der Waals surface area contributed by atoms with E-state index in [0.717, 1.165) is 30.9 Å². The van der Waals surface area contributed by atoms with E-state index in [4.69, 9.17) is 9.84 Å². The molecule has 1 aromatic carbocycles. The molecule has 0 saturated heterocycles. The van der Waals surface area contributed by atoms with Crippen molar-refractivity contribution in [2.45, 2.75) is 38.0 Å². The van der Waals surface area contributed by atoms with Crippen molar-refractivity contribution in [3.05, 3.63) is 29.8 Å². The molecule has 0 spiro atoms. The Morgan fingerprint density at radius 3 is 2.75 bits per heavy atom. The molecule has 0 aliphatic rings. The van der Waals surface area contributed by atoms with Crippen LogP contribution in [-0.4, -0.2) is 36.4 Å². The van der Waals surface area contributed by atoms with Crippen LogP contribution in [0.25, 0.3) is 0 Å². The number of methoxy groups -OCH3 is 1. The third-order valence-corrected chi connectivity index (χ3v) is 4.57. The number of aliphatic hydroxyl groups excluding tert-OH is 1. The van der Waals surface area contributed by atoms with Crippen LogP contribution < -0.4 is 10.1 Å². The number of aliphatic hydroxyl groups is 1. The lowest BCUT2D eigenvalue weighted by Crippen LogP contribution is -2.25. The van der Waals surface area contributed by atoms with E-state index in [1.807, 2.05) is 23.9 Å². The van der Waals surface area contributed by atoms with Gasteiger partial charge in [-0.25, -0.2) is 0 Å². The second kappa shape index (κ2) is 10.1. The summed E-state index contributed by atoms with van der Waals surface area (Å²) in [5.74, 6) is 1.93. The van der Waals surface area contributed by atoms with Gasteiger partial charge in [-0.05, 0) is 25.5 Å². The maximum absolute atomic E-state index is 8.99. The Labute approximate surface area is 127 Å². The fourth-order valence-electron chi connectivity index (χ4n) is 2.06. The summed E-state index contributed by atoms with van der Waals surface area (Å²) in [7, 11) is 1.72. The molecule has 1 rings (SSSR count). The first-order chi connectivity index (χ1) is 9.72. The second-order valence-electron chi connectivity index (χ2n) is 4.90. The molecule has 2 N–H and O–H groups in total. The molecule has 0 radical (unpaired) electrons. The first kappa shape index (κ1) is 17.3. The summed E-state index contributed by atoms with van der Waals surface area (Å²) in [5, 5.41) is 13.1. The summed E-state index contributed by atoms with van der Waals surface area (Å²) in [6.45, 7) is 5.60. The highest BCUT2D eigenvalue weighted by Crippen LogP contribution is 2.29. The van der Waals surface area contributed by atoms with Crippen LogP contribution in [0.15, 0.2) is 24.3 Å². The van der Waals surface area contributed by atoms with Crippen LogP contribution in [0.5, 0.6) is 5.75 Å². The van der Waals surface area contributed by atoms with Crippen molar-refractivity contribution in [1.82, 2.24) is 5.32 Å². The number of benzene rings is 1. The molecule has 3 nitrogen and oxygen atoms in total. The van der Waals surface area contributed by atoms with Crippen molar-refractivity contribution in [3.8, 4) is 5.75 Å². The van der Waals surface area contributed by atoms with Gasteiger partial charge in [-0.2, -0.15) is 11.8 Å². The number of para-hydroxylation sites is 1. The van der Waals surface area contributed by atoms with Gasteiger partial charge >= 0.3 is 0 Å². The van der Waals surface area contributed by atoms with Crippen molar-refractivity contribution in [1.29, 1.82) is 0 Å². The summed E-state index contributed by atoms with van der Waals surface area (Å²) in [5.41, 5.74) is 1.21. The summed E-state index contributed by atoms with van der Waals surface area (Å²) >= 11 is 1.90. The van der Waals surface area contributed by atoms with Gasteiger partial charge in [0.05, 0.1) is 7.11 Å². The third kappa shape index (κ3) is 5.73. The largest absolute Gasteiger partial charge is 0.496 e. The lowest BCUT2D eigenvalue weighted by molar-refractivity contribution is 0.289. The third-order valence-electron chi connectivity index (χ3n) is 3.24. The van der Waals surface area contributed by atoms with Crippen LogP contribution in [0.2, 0.25) is 0 Å². The van der Waals surface area contributed by atoms with Crippen LogP contribution in [0, 0.1) is 0 Å². The average molecular weight is 297 g/mol. The van der Waals surface area contributed by atoms with Gasteiger partial charge in [0.2, 0.25) is 0 Å². The van der Waals surface area contributed by atoms with Gasteiger partial charge in [0.1, 0.15) is 5.75 Å². The minimum absolute atomic E-state index is 0.260. The Hall–Kier alpha value is -0.710. The van der Waals surface area contributed by atoms with Crippen LogP contribution in [0.3, 0.4) is 0 Å². The van der Waals surface area contributed by atoms with Crippen molar-refractivity contribution in [3.63, 3.8) is 0 Å². The monoisotopic (exact) mass is 297 g/mol. The maximum Gasteiger partial charge on any atom is 0.123 e. The Morgan fingerprint density at radius 2 is 2.10 bits per heavy atom. The molecule has 2 unspecified atom stereocenters. The van der Waals surface area contributed by atoms with Crippen molar-refractivity contribution >= 4 is 11.8 Å². The smallest absolute Gasteiger partial charge is 0.123 e. The standard InChI is InChI=1S/C16H27NO2S/c1-4-10-17-15(12-20-13(2)9-11-18)14-7-5-6-8-16(14)19-3/h5-8,13,15,17-18H,4,9-12H2,1-3H3. The fourth-order valence-corrected chi connectivity index (χ4v) is 3.15. The lowest BCUT2D eigenvalue weighted by atomic mass is 10.1. The summed E-state index contributed by atoms with van der Waals surface area (Å²) in [6, 6.07) is 8.49. The highest BCUT2D eigenvalue weighted by molar-refractivity contribution is 7.99. The first-order valence-corrected chi connectivity index (χ1v) is 8.36. The number of nitrogens with one attached hydrogen (secondary N) is 1. The Morgan fingerprint density at radius 1 is 1.35 bits per heavy atom. The molecule has 0 saturated carbocycles. The van der Waals surface area contributed by atoms with Crippen LogP contribution in [0.1, 0.15) is 38.3 Å². The molecule has 0 heterocycles. The molecule has 0 aliphatic carbocycles. The fraction of sp³-hybridized carbons (Fsp3) is 0.625. The second-order valence-corrected chi connectivity index (χ2v) is 6.38. The van der Waals surface area contributed by atoms with E-state index >= 15 is 0 Å². The zero-order valence-corrected chi connectivity index (χ0v) is 13.6. The highest BCUT2D eigenvalue weighted by atomic mass is 32.2. The predicted molar refractivity (Wildman–Crippen MR) is 87.7 cm³/mol. The molecule has 4 heteroatoms. The number of rotatable bonds is 10. The maximum atomic E-state index is 8.99. The molecule has 0 aliphatic heterocycles. The van der Waals surface area contributed by atoms with E-state index in [-0.39, 0.29) is 12.6 Å². The average Bonchev–Trinajstić information content (AvgIpc) is 2.48. The minimum Gasteiger partial charge on any atom is -0.496 e. The topological polar surface area (TPSA) is 41.5 Å². The van der Waals surface area contributed by atoms with E-state index < -0.39 is 0 Å². The van der Waals surface area contributed by atoms with Gasteiger partial charge in [-0.3, -0.25) is 0 Å². The van der Waals surface area contributed by atoms with E-state index in [2.05, 4.69) is 31.3 Å². The van der Waals surface area contributed by atoms with E-state index in [9.17, 15) is 0 Å². The molecule has 114 valence electrons. The molecular weight excluding hydrogens is 270 g/mol. The van der Waals surface area contributed by atoms with Gasteiger partial charge in [0.25, 0.3) is 0 Å². The lowest BCUT2D eigenvalue weighted by Gasteiger charge is -2.22. The molecule has 2 atom stereocenters. The van der Waals surface area contributed by atoms with Gasteiger partial charge in [0.15, 0.2) is 0 Å². The minimum atomic E-state index is 0.260. The van der Waals surface area contributed by atoms with E-state index in [1.54, 1.807) is 7.11 Å². The summed E-state index contributed by atoms with van der Waals surface area (Å²) in [6.07, 6.45) is 1.96. The quantitative estimate of drug-likeness (QED) is 0.695. The number of ether oxygens (including phenoxy) is 1. The zero-order valence-electron chi connectivity index (χ0n) is 12.8. The van der Waals surface area contributed by atoms with Gasteiger partial charge < -0.3 is 15.2 Å². The SMILES string of the molecule is CCCNC(CSC(C)CCO)c1ccccc1OC. The number of thioether (sulfide) groups is 1. The molecule has 0 amide bonds. The molecule has 0 aromatic heterocycles. The number of hydrogen-bond donors (Lipinski definition) is 2. The molecule has 20 heavy (non-hydrogen) atoms. The van der Waals surface area contributed by atoms with Crippen molar-refractivity contribution in [2.75, 3.05) is 26.0 Å². The predicted octanol–water partition coefficient (Wildman–Crippen LogP) is 3.24. The molecule has 1 aromatic rings. The summed E-state index contributed by atoms with van der Waals surface area (Å²) in [4.78, 5) is 0. The van der Waals surface area contributed by atoms with Crippen molar-refractivity contribution < 1.29 is 9.84 Å². The van der Waals surface area contributed by atoms with Gasteiger partial charge in [0, 0.05) is 29.2 Å². The Balaban J connectivity index is 2.72. The highest BCUT2D eigenvalue weighted by Gasteiger charge is 2.16. The number of hydrogen-bond acceptors (Lipinski definition) is 4. The van der Waals surface area contributed by atoms with Crippen LogP contribution in [-0.2, 0) is 0 Å². The Kier molecular flexibility index (Phi) is 8.74. The van der Waals surface area contributed by atoms with Crippen molar-refractivity contribution in [2.24, 2.45) is 0 Å². The first-order valence-electron chi connectivity index (χ1n) is 7.31. The molecule has 0 fully saturated rings. The molecular formula is C16H27NO2S. The van der Waals surface area contributed by atoms with Gasteiger partial charge in [-0.1, -0.05) is 32.0 Å². The van der Waals surface area contributed by atoms with E-state index in [0.29, 0.717) is 5.25 Å². The Bertz CT molecular complexity index is 373. The van der Waals surface area contributed by atoms with E-state index in [1.165, 1.54) is 5.56 Å². The van der Waals surface area contributed by atoms with Gasteiger partial charge in [-0.15, -0.1) is 0 Å².